The second kappa shape index (κ2) is 4.87. The van der Waals surface area contributed by atoms with Gasteiger partial charge in [-0.2, -0.15) is 4.31 Å². The molecule has 0 aromatic heterocycles. The van der Waals surface area contributed by atoms with Gasteiger partial charge in [0.15, 0.2) is 0 Å². The van der Waals surface area contributed by atoms with Gasteiger partial charge in [0.05, 0.1) is 17.6 Å². The number of hydrogen-bond donors (Lipinski definition) is 1. The van der Waals surface area contributed by atoms with E-state index in [1.807, 2.05) is 13.8 Å². The maximum Gasteiger partial charge on any atom is 0.243 e. The molecule has 1 saturated heterocycles. The lowest BCUT2D eigenvalue weighted by Crippen LogP contribution is -2.50. The lowest BCUT2D eigenvalue weighted by atomic mass is 10.2. The van der Waals surface area contributed by atoms with Gasteiger partial charge >= 0.3 is 0 Å². The second-order valence-electron chi connectivity index (χ2n) is 4.56. The van der Waals surface area contributed by atoms with E-state index >= 15 is 0 Å². The number of ether oxygens (including phenoxy) is 1. The topological polar surface area (TPSA) is 66.8 Å². The van der Waals surface area contributed by atoms with Crippen molar-refractivity contribution in [1.29, 1.82) is 0 Å². The van der Waals surface area contributed by atoms with E-state index in [1.165, 1.54) is 28.6 Å². The SMILES string of the molecule is CC1CN(S(=O)(=O)c2ccc(O)cc2)C(C)CO1. The third-order valence-electron chi connectivity index (χ3n) is 2.99. The maximum absolute atomic E-state index is 12.4. The number of sulfonamides is 1. The molecule has 0 amide bonds. The van der Waals surface area contributed by atoms with E-state index in [0.29, 0.717) is 13.2 Å². The highest BCUT2D eigenvalue weighted by atomic mass is 32.2. The van der Waals surface area contributed by atoms with Gasteiger partial charge in [-0.1, -0.05) is 0 Å². The normalized spacial score (nSPS) is 26.1. The molecule has 2 rings (SSSR count). The summed E-state index contributed by atoms with van der Waals surface area (Å²) in [5, 5.41) is 9.20. The van der Waals surface area contributed by atoms with E-state index in [4.69, 9.17) is 4.74 Å². The van der Waals surface area contributed by atoms with Crippen LogP contribution in [0.2, 0.25) is 0 Å². The van der Waals surface area contributed by atoms with Crippen LogP contribution in [0.1, 0.15) is 13.8 Å². The molecule has 5 nitrogen and oxygen atoms in total. The summed E-state index contributed by atoms with van der Waals surface area (Å²) in [5.74, 6) is 0.0531. The molecule has 1 aromatic rings. The van der Waals surface area contributed by atoms with Gasteiger partial charge in [-0.05, 0) is 38.1 Å². The molecule has 0 saturated carbocycles. The molecule has 1 N–H and O–H groups in total. The van der Waals surface area contributed by atoms with E-state index in [9.17, 15) is 13.5 Å². The summed E-state index contributed by atoms with van der Waals surface area (Å²) in [6.45, 7) is 4.43. The van der Waals surface area contributed by atoms with Gasteiger partial charge in [0.25, 0.3) is 0 Å². The number of phenols is 1. The molecule has 18 heavy (non-hydrogen) atoms. The molecule has 1 heterocycles. The van der Waals surface area contributed by atoms with Crippen molar-refractivity contribution in [3.05, 3.63) is 24.3 Å². The predicted octanol–water partition coefficient (Wildman–Crippen LogP) is 1.19. The molecule has 0 aliphatic carbocycles. The summed E-state index contributed by atoms with van der Waals surface area (Å²) in [4.78, 5) is 0.196. The molecule has 0 radical (unpaired) electrons. The van der Waals surface area contributed by atoms with Gasteiger partial charge in [0.1, 0.15) is 5.75 Å². The lowest BCUT2D eigenvalue weighted by molar-refractivity contribution is -0.0170. The van der Waals surface area contributed by atoms with Crippen LogP contribution < -0.4 is 0 Å². The highest BCUT2D eigenvalue weighted by molar-refractivity contribution is 7.89. The highest BCUT2D eigenvalue weighted by Crippen LogP contribution is 2.23. The Kier molecular flexibility index (Phi) is 3.61. The fraction of sp³-hybridized carbons (Fsp3) is 0.500. The number of aromatic hydroxyl groups is 1. The quantitative estimate of drug-likeness (QED) is 0.877. The van der Waals surface area contributed by atoms with E-state index in [1.54, 1.807) is 0 Å². The lowest BCUT2D eigenvalue weighted by Gasteiger charge is -2.35. The number of rotatable bonds is 2. The van der Waals surface area contributed by atoms with Crippen molar-refractivity contribution >= 4 is 10.0 Å². The van der Waals surface area contributed by atoms with E-state index in [-0.39, 0.29) is 22.8 Å². The Morgan fingerprint density at radius 1 is 1.28 bits per heavy atom. The molecule has 0 spiro atoms. The van der Waals surface area contributed by atoms with Crippen LogP contribution >= 0.6 is 0 Å². The van der Waals surface area contributed by atoms with Crippen molar-refractivity contribution in [2.75, 3.05) is 13.2 Å². The Morgan fingerprint density at radius 3 is 2.50 bits per heavy atom. The summed E-state index contributed by atoms with van der Waals surface area (Å²) in [6.07, 6.45) is -0.104. The van der Waals surface area contributed by atoms with Crippen molar-refractivity contribution in [3.8, 4) is 5.75 Å². The molecule has 1 aromatic carbocycles. The van der Waals surface area contributed by atoms with Crippen LogP contribution in [0.25, 0.3) is 0 Å². The monoisotopic (exact) mass is 271 g/mol. The van der Waals surface area contributed by atoms with Crippen LogP contribution in [-0.2, 0) is 14.8 Å². The minimum Gasteiger partial charge on any atom is -0.508 e. The van der Waals surface area contributed by atoms with Crippen LogP contribution in [0.3, 0.4) is 0 Å². The van der Waals surface area contributed by atoms with Gasteiger partial charge in [0.2, 0.25) is 10.0 Å². The summed E-state index contributed by atoms with van der Waals surface area (Å²) in [5.41, 5.74) is 0. The molecule has 1 aliphatic heterocycles. The van der Waals surface area contributed by atoms with Crippen molar-refractivity contribution < 1.29 is 18.3 Å². The molecule has 2 unspecified atom stereocenters. The minimum atomic E-state index is -3.52. The minimum absolute atomic E-state index is 0.0531. The van der Waals surface area contributed by atoms with Crippen LogP contribution in [0, 0.1) is 0 Å². The van der Waals surface area contributed by atoms with Gasteiger partial charge in [-0.15, -0.1) is 0 Å². The Morgan fingerprint density at radius 2 is 1.89 bits per heavy atom. The molecular formula is C12H17NO4S. The van der Waals surface area contributed by atoms with Crippen LogP contribution in [0.4, 0.5) is 0 Å². The van der Waals surface area contributed by atoms with Crippen molar-refractivity contribution in [2.45, 2.75) is 30.9 Å². The molecular weight excluding hydrogens is 254 g/mol. The number of benzene rings is 1. The Hall–Kier alpha value is -1.11. The fourth-order valence-electron chi connectivity index (χ4n) is 1.96. The first-order valence-electron chi connectivity index (χ1n) is 5.84. The third-order valence-corrected chi connectivity index (χ3v) is 4.99. The van der Waals surface area contributed by atoms with Gasteiger partial charge < -0.3 is 9.84 Å². The molecule has 0 bridgehead atoms. The average Bonchev–Trinajstić information content (AvgIpc) is 2.32. The van der Waals surface area contributed by atoms with Gasteiger partial charge in [-0.3, -0.25) is 0 Å². The highest BCUT2D eigenvalue weighted by Gasteiger charge is 2.33. The number of phenolic OH excluding ortho intramolecular Hbond substituents is 1. The smallest absolute Gasteiger partial charge is 0.243 e. The standard InChI is InChI=1S/C12H17NO4S/c1-9-8-17-10(2)7-13(9)18(15,16)12-5-3-11(14)4-6-12/h3-6,9-10,14H,7-8H2,1-2H3. The first kappa shape index (κ1) is 13.3. The van der Waals surface area contributed by atoms with E-state index in [0.717, 1.165) is 0 Å². The third kappa shape index (κ3) is 2.50. The summed E-state index contributed by atoms with van der Waals surface area (Å²) >= 11 is 0. The summed E-state index contributed by atoms with van der Waals surface area (Å²) < 4.78 is 31.8. The Labute approximate surface area is 107 Å². The summed E-state index contributed by atoms with van der Waals surface area (Å²) in [6, 6.07) is 5.40. The zero-order valence-corrected chi connectivity index (χ0v) is 11.2. The zero-order chi connectivity index (χ0) is 13.3. The molecule has 2 atom stereocenters. The van der Waals surface area contributed by atoms with Crippen LogP contribution in [0.15, 0.2) is 29.2 Å². The summed E-state index contributed by atoms with van der Waals surface area (Å²) in [7, 11) is -3.52. The first-order chi connectivity index (χ1) is 8.41. The number of nitrogens with zero attached hydrogens (tertiary/aromatic N) is 1. The second-order valence-corrected chi connectivity index (χ2v) is 6.45. The average molecular weight is 271 g/mol. The van der Waals surface area contributed by atoms with Crippen molar-refractivity contribution in [2.24, 2.45) is 0 Å². The molecule has 6 heteroatoms. The molecule has 100 valence electrons. The maximum atomic E-state index is 12.4. The van der Waals surface area contributed by atoms with Gasteiger partial charge in [0, 0.05) is 12.6 Å². The first-order valence-corrected chi connectivity index (χ1v) is 7.28. The van der Waals surface area contributed by atoms with Crippen molar-refractivity contribution in [3.63, 3.8) is 0 Å². The predicted molar refractivity (Wildman–Crippen MR) is 66.9 cm³/mol. The Bertz CT molecular complexity index is 511. The number of hydrogen-bond acceptors (Lipinski definition) is 4. The number of morpholine rings is 1. The molecule has 1 aliphatic rings. The van der Waals surface area contributed by atoms with Crippen molar-refractivity contribution in [1.82, 2.24) is 4.31 Å². The van der Waals surface area contributed by atoms with E-state index < -0.39 is 10.0 Å². The van der Waals surface area contributed by atoms with Crippen LogP contribution in [-0.4, -0.2) is 43.1 Å². The molecule has 1 fully saturated rings. The van der Waals surface area contributed by atoms with Gasteiger partial charge in [-0.25, -0.2) is 8.42 Å². The Balaban J connectivity index is 2.32. The van der Waals surface area contributed by atoms with E-state index in [2.05, 4.69) is 0 Å². The fourth-order valence-corrected chi connectivity index (χ4v) is 3.65. The largest absolute Gasteiger partial charge is 0.508 e. The van der Waals surface area contributed by atoms with Crippen LogP contribution in [0.5, 0.6) is 5.75 Å². The zero-order valence-electron chi connectivity index (χ0n) is 10.4.